The van der Waals surface area contributed by atoms with Crippen molar-refractivity contribution >= 4 is 11.9 Å². The van der Waals surface area contributed by atoms with Gasteiger partial charge in [0.05, 0.1) is 5.69 Å². The average Bonchev–Trinajstić information content (AvgIpc) is 2.54. The monoisotopic (exact) mass is 255 g/mol. The van der Waals surface area contributed by atoms with E-state index in [4.69, 9.17) is 4.99 Å². The van der Waals surface area contributed by atoms with Gasteiger partial charge in [-0.3, -0.25) is 4.99 Å². The molecule has 1 aliphatic carbocycles. The molecule has 0 amide bonds. The van der Waals surface area contributed by atoms with Gasteiger partial charge in [0.1, 0.15) is 0 Å². The molecule has 1 aromatic carbocycles. The minimum Gasteiger partial charge on any atom is -0.261 e. The van der Waals surface area contributed by atoms with Crippen LogP contribution in [0.15, 0.2) is 29.3 Å². The first-order valence-electron chi connectivity index (χ1n) is 7.70. The lowest BCUT2D eigenvalue weighted by atomic mass is 9.62. The summed E-state index contributed by atoms with van der Waals surface area (Å²) in [4.78, 5) is 4.81. The fourth-order valence-electron chi connectivity index (χ4n) is 4.17. The Morgan fingerprint density at radius 2 is 1.79 bits per heavy atom. The van der Waals surface area contributed by atoms with E-state index in [0.29, 0.717) is 17.3 Å². The number of hydrogen-bond donors (Lipinski definition) is 0. The van der Waals surface area contributed by atoms with Crippen LogP contribution >= 0.6 is 0 Å². The number of para-hydroxylation sites is 1. The Kier molecular flexibility index (Phi) is 3.24. The fourth-order valence-corrected chi connectivity index (χ4v) is 4.17. The lowest BCUT2D eigenvalue weighted by Gasteiger charge is -2.42. The van der Waals surface area contributed by atoms with Crippen LogP contribution in [0.3, 0.4) is 0 Å². The normalized spacial score (nSPS) is 30.4. The molecule has 19 heavy (non-hydrogen) atoms. The number of hydrogen-bond acceptors (Lipinski definition) is 1. The summed E-state index contributed by atoms with van der Waals surface area (Å²) in [5.41, 5.74) is 2.99. The molecular formula is C18H25N. The number of rotatable bonds is 0. The molecule has 1 nitrogen and oxygen atoms in total. The maximum atomic E-state index is 4.81. The summed E-state index contributed by atoms with van der Waals surface area (Å²) in [6, 6.07) is 8.78. The highest BCUT2D eigenvalue weighted by Gasteiger charge is 2.40. The lowest BCUT2D eigenvalue weighted by Crippen LogP contribution is -2.33. The van der Waals surface area contributed by atoms with Gasteiger partial charge in [0, 0.05) is 6.21 Å². The second-order valence-corrected chi connectivity index (χ2v) is 7.29. The number of nitrogens with zero attached hydrogens (tertiary/aromatic N) is 1. The second-order valence-electron chi connectivity index (χ2n) is 7.29. The average molecular weight is 255 g/mol. The molecule has 2 aliphatic rings. The minimum absolute atomic E-state index is 0.310. The van der Waals surface area contributed by atoms with Crippen LogP contribution in [0.1, 0.15) is 57.9 Å². The topological polar surface area (TPSA) is 12.4 Å². The van der Waals surface area contributed by atoms with E-state index in [-0.39, 0.29) is 0 Å². The van der Waals surface area contributed by atoms with Gasteiger partial charge in [0.2, 0.25) is 0 Å². The minimum atomic E-state index is 0.310. The summed E-state index contributed by atoms with van der Waals surface area (Å²) < 4.78 is 0. The lowest BCUT2D eigenvalue weighted by molar-refractivity contribution is 0.167. The summed E-state index contributed by atoms with van der Waals surface area (Å²) in [5.74, 6) is 2.10. The summed E-state index contributed by atoms with van der Waals surface area (Å²) in [5, 5.41) is 0. The Morgan fingerprint density at radius 3 is 2.58 bits per heavy atom. The van der Waals surface area contributed by atoms with Gasteiger partial charge < -0.3 is 0 Å². The number of benzene rings is 1. The van der Waals surface area contributed by atoms with Crippen LogP contribution in [0, 0.1) is 17.3 Å². The van der Waals surface area contributed by atoms with Crippen LogP contribution in [0.25, 0.3) is 0 Å². The predicted molar refractivity (Wildman–Crippen MR) is 82.2 cm³/mol. The summed E-state index contributed by atoms with van der Waals surface area (Å²) in [6.45, 7) is 7.18. The van der Waals surface area contributed by atoms with Crippen molar-refractivity contribution in [3.63, 3.8) is 0 Å². The smallest absolute Gasteiger partial charge is 0.0660 e. The van der Waals surface area contributed by atoms with Crippen LogP contribution in [0.2, 0.25) is 0 Å². The summed E-state index contributed by atoms with van der Waals surface area (Å²) in [7, 11) is 0. The highest BCUT2D eigenvalue weighted by molar-refractivity contribution is 5.70. The van der Waals surface area contributed by atoms with Gasteiger partial charge >= 0.3 is 0 Å². The molecule has 0 saturated heterocycles. The van der Waals surface area contributed by atoms with E-state index in [9.17, 15) is 0 Å². The first-order valence-corrected chi connectivity index (χ1v) is 7.70. The molecule has 3 atom stereocenters. The molecule has 1 aliphatic heterocycles. The standard InChI is InChI=1S/C18H25N/c1-18(2,3)17-14-9-5-4-8-13(14)12-19-16-11-7-6-10-15(16)17/h6-7,10-14,17H,4-5,8-9H2,1-3H3. The zero-order valence-corrected chi connectivity index (χ0v) is 12.4. The first kappa shape index (κ1) is 12.9. The molecule has 0 spiro atoms. The Balaban J connectivity index is 2.11. The Morgan fingerprint density at radius 1 is 1.05 bits per heavy atom. The Labute approximate surface area is 117 Å². The van der Waals surface area contributed by atoms with Crippen molar-refractivity contribution in [3.8, 4) is 0 Å². The van der Waals surface area contributed by atoms with E-state index in [2.05, 4.69) is 51.3 Å². The van der Waals surface area contributed by atoms with Crippen LogP contribution in [-0.2, 0) is 0 Å². The first-order chi connectivity index (χ1) is 9.07. The van der Waals surface area contributed by atoms with E-state index in [1.807, 2.05) is 0 Å². The van der Waals surface area contributed by atoms with Gasteiger partial charge in [-0.2, -0.15) is 0 Å². The highest BCUT2D eigenvalue weighted by Crippen LogP contribution is 2.51. The molecule has 3 rings (SSSR count). The van der Waals surface area contributed by atoms with Crippen molar-refractivity contribution in [2.75, 3.05) is 0 Å². The Hall–Kier alpha value is -1.11. The van der Waals surface area contributed by atoms with Gasteiger partial charge in [-0.15, -0.1) is 0 Å². The summed E-state index contributed by atoms with van der Waals surface area (Å²) >= 11 is 0. The van der Waals surface area contributed by atoms with Gasteiger partial charge in [-0.1, -0.05) is 51.8 Å². The van der Waals surface area contributed by atoms with Crippen molar-refractivity contribution in [3.05, 3.63) is 29.8 Å². The van der Waals surface area contributed by atoms with Crippen LogP contribution in [0.5, 0.6) is 0 Å². The highest BCUT2D eigenvalue weighted by atomic mass is 14.7. The number of fused-ring (bicyclic) bond motifs is 2. The molecule has 102 valence electrons. The van der Waals surface area contributed by atoms with Gasteiger partial charge in [-0.05, 0) is 47.6 Å². The second kappa shape index (κ2) is 4.77. The zero-order chi connectivity index (χ0) is 13.5. The molecule has 1 saturated carbocycles. The Bertz CT molecular complexity index is 481. The van der Waals surface area contributed by atoms with E-state index >= 15 is 0 Å². The third kappa shape index (κ3) is 2.35. The molecular weight excluding hydrogens is 230 g/mol. The fraction of sp³-hybridized carbons (Fsp3) is 0.611. The van der Waals surface area contributed by atoms with Crippen LogP contribution in [-0.4, -0.2) is 6.21 Å². The van der Waals surface area contributed by atoms with Crippen molar-refractivity contribution < 1.29 is 0 Å². The van der Waals surface area contributed by atoms with E-state index < -0.39 is 0 Å². The van der Waals surface area contributed by atoms with Crippen LogP contribution < -0.4 is 0 Å². The molecule has 1 heteroatoms. The SMILES string of the molecule is CC(C)(C)C1c2ccccc2N=CC2CCCCC21. The largest absolute Gasteiger partial charge is 0.261 e. The third-order valence-electron chi connectivity index (χ3n) is 4.91. The molecule has 1 fully saturated rings. The maximum Gasteiger partial charge on any atom is 0.0660 e. The van der Waals surface area contributed by atoms with E-state index in [1.165, 1.54) is 36.9 Å². The summed E-state index contributed by atoms with van der Waals surface area (Å²) in [6.07, 6.45) is 7.72. The quantitative estimate of drug-likeness (QED) is 0.593. The van der Waals surface area contributed by atoms with Crippen molar-refractivity contribution in [2.45, 2.75) is 52.4 Å². The molecule has 1 aromatic rings. The van der Waals surface area contributed by atoms with Crippen LogP contribution in [0.4, 0.5) is 5.69 Å². The van der Waals surface area contributed by atoms with Gasteiger partial charge in [0.15, 0.2) is 0 Å². The van der Waals surface area contributed by atoms with Crippen molar-refractivity contribution in [2.24, 2.45) is 22.2 Å². The molecule has 0 bridgehead atoms. The van der Waals surface area contributed by atoms with E-state index in [1.54, 1.807) is 0 Å². The zero-order valence-electron chi connectivity index (χ0n) is 12.4. The van der Waals surface area contributed by atoms with Crippen molar-refractivity contribution in [1.29, 1.82) is 0 Å². The maximum absolute atomic E-state index is 4.81. The van der Waals surface area contributed by atoms with E-state index in [0.717, 1.165) is 5.92 Å². The molecule has 0 radical (unpaired) electrons. The number of aliphatic imine (C=N–C) groups is 1. The van der Waals surface area contributed by atoms with Crippen molar-refractivity contribution in [1.82, 2.24) is 0 Å². The third-order valence-corrected chi connectivity index (χ3v) is 4.91. The van der Waals surface area contributed by atoms with Gasteiger partial charge in [-0.25, -0.2) is 0 Å². The molecule has 3 unspecified atom stereocenters. The molecule has 1 heterocycles. The predicted octanol–water partition coefficient (Wildman–Crippen LogP) is 5.34. The molecule has 0 aromatic heterocycles. The molecule has 0 N–H and O–H groups in total. The van der Waals surface area contributed by atoms with Gasteiger partial charge in [0.25, 0.3) is 0 Å².